The van der Waals surface area contributed by atoms with Crippen molar-refractivity contribution in [2.75, 3.05) is 0 Å². The van der Waals surface area contributed by atoms with Crippen LogP contribution in [0.1, 0.15) is 5.56 Å². The van der Waals surface area contributed by atoms with E-state index in [2.05, 4.69) is 36.3 Å². The molecule has 0 saturated heterocycles. The summed E-state index contributed by atoms with van der Waals surface area (Å²) in [6, 6.07) is 14.3. The summed E-state index contributed by atoms with van der Waals surface area (Å²) in [6.45, 7) is 6.73. The molecule has 0 spiro atoms. The molecule has 2 aromatic carbocycles. The minimum absolute atomic E-state index is 0.734. The van der Waals surface area contributed by atoms with Crippen molar-refractivity contribution in [1.29, 1.82) is 0 Å². The van der Waals surface area contributed by atoms with Crippen LogP contribution in [0.3, 0.4) is 0 Å². The van der Waals surface area contributed by atoms with Gasteiger partial charge < -0.3 is 4.57 Å². The summed E-state index contributed by atoms with van der Waals surface area (Å²) in [5.41, 5.74) is 6.19. The van der Waals surface area contributed by atoms with Crippen LogP contribution in [0.2, 0.25) is 0 Å². The maximum atomic E-state index is 4.83. The summed E-state index contributed by atoms with van der Waals surface area (Å²) in [7, 11) is 0. The third-order valence-electron chi connectivity index (χ3n) is 3.88. The Morgan fingerprint density at radius 1 is 1.05 bits per heavy atom. The number of hydrogen-bond acceptors (Lipinski definition) is 2. The van der Waals surface area contributed by atoms with Gasteiger partial charge in [-0.25, -0.2) is 9.97 Å². The number of allylic oxidation sites excluding steroid dienone is 1. The normalized spacial score (nSPS) is 11.5. The Morgan fingerprint density at radius 2 is 1.81 bits per heavy atom. The highest BCUT2D eigenvalue weighted by molar-refractivity contribution is 6.07. The van der Waals surface area contributed by atoms with Crippen LogP contribution in [-0.2, 0) is 6.54 Å². The zero-order chi connectivity index (χ0) is 14.4. The first-order chi connectivity index (χ1) is 10.3. The van der Waals surface area contributed by atoms with Crippen molar-refractivity contribution >= 4 is 33.1 Å². The van der Waals surface area contributed by atoms with E-state index in [9.17, 15) is 0 Å². The Kier molecular flexibility index (Phi) is 2.54. The van der Waals surface area contributed by atoms with E-state index in [0.29, 0.717) is 0 Å². The average Bonchev–Trinajstić information content (AvgIpc) is 2.81. The molecule has 0 fully saturated rings. The monoisotopic (exact) mass is 273 g/mol. The molecule has 0 bridgehead atoms. The van der Waals surface area contributed by atoms with Crippen molar-refractivity contribution in [1.82, 2.24) is 14.5 Å². The van der Waals surface area contributed by atoms with Crippen molar-refractivity contribution in [3.05, 3.63) is 60.7 Å². The lowest BCUT2D eigenvalue weighted by molar-refractivity contribution is 0.884. The first-order valence-electron chi connectivity index (χ1n) is 7.05. The van der Waals surface area contributed by atoms with Crippen LogP contribution >= 0.6 is 0 Å². The van der Waals surface area contributed by atoms with E-state index in [1.165, 1.54) is 11.1 Å². The predicted molar refractivity (Wildman–Crippen MR) is 87.5 cm³/mol. The van der Waals surface area contributed by atoms with Crippen LogP contribution in [0.25, 0.3) is 33.1 Å². The molecule has 3 heteroatoms. The van der Waals surface area contributed by atoms with E-state index in [-0.39, 0.29) is 0 Å². The molecule has 0 amide bonds. The van der Waals surface area contributed by atoms with Crippen LogP contribution in [0.4, 0.5) is 0 Å². The highest BCUT2D eigenvalue weighted by Crippen LogP contribution is 2.30. The number of para-hydroxylation sites is 3. The molecule has 21 heavy (non-hydrogen) atoms. The van der Waals surface area contributed by atoms with Gasteiger partial charge in [0, 0.05) is 11.9 Å². The first kappa shape index (κ1) is 12.1. The van der Waals surface area contributed by atoms with Crippen molar-refractivity contribution < 1.29 is 0 Å². The molecule has 0 aliphatic heterocycles. The van der Waals surface area contributed by atoms with Gasteiger partial charge in [-0.05, 0) is 24.6 Å². The smallest absolute Gasteiger partial charge is 0.160 e. The maximum absolute atomic E-state index is 4.83. The van der Waals surface area contributed by atoms with Gasteiger partial charge >= 0.3 is 0 Å². The van der Waals surface area contributed by atoms with Gasteiger partial charge in [-0.15, -0.1) is 6.58 Å². The number of aromatic nitrogens is 3. The second-order valence-electron chi connectivity index (χ2n) is 5.25. The molecule has 4 aromatic rings. The third-order valence-corrected chi connectivity index (χ3v) is 3.88. The summed E-state index contributed by atoms with van der Waals surface area (Å²) in [5.74, 6) is 0. The van der Waals surface area contributed by atoms with Gasteiger partial charge in [0.1, 0.15) is 5.52 Å². The standard InChI is InChI=1S/C18H15N3/c1-3-11-21-17-12(2)7-6-8-13(17)16-18(21)20-15-10-5-4-9-14(15)19-16/h3-10H,1,11H2,2H3. The van der Waals surface area contributed by atoms with E-state index in [1.807, 2.05) is 30.3 Å². The van der Waals surface area contributed by atoms with E-state index in [0.717, 1.165) is 34.1 Å². The first-order valence-corrected chi connectivity index (χ1v) is 7.05. The van der Waals surface area contributed by atoms with Gasteiger partial charge in [0.05, 0.1) is 16.6 Å². The van der Waals surface area contributed by atoms with E-state index < -0.39 is 0 Å². The Hall–Kier alpha value is -2.68. The molecule has 0 saturated carbocycles. The van der Waals surface area contributed by atoms with E-state index in [4.69, 9.17) is 9.97 Å². The average molecular weight is 273 g/mol. The summed E-state index contributed by atoms with van der Waals surface area (Å²) in [6.07, 6.45) is 1.90. The molecule has 0 atom stereocenters. The number of rotatable bonds is 2. The summed E-state index contributed by atoms with van der Waals surface area (Å²) >= 11 is 0. The Labute approximate surface area is 122 Å². The fraction of sp³-hybridized carbons (Fsp3) is 0.111. The molecule has 0 aliphatic carbocycles. The second kappa shape index (κ2) is 4.42. The molecule has 2 heterocycles. The topological polar surface area (TPSA) is 30.7 Å². The van der Waals surface area contributed by atoms with Crippen LogP contribution < -0.4 is 0 Å². The van der Waals surface area contributed by atoms with Crippen LogP contribution in [0.5, 0.6) is 0 Å². The molecule has 0 N–H and O–H groups in total. The van der Waals surface area contributed by atoms with Gasteiger partial charge in [-0.1, -0.05) is 36.4 Å². The van der Waals surface area contributed by atoms with Gasteiger partial charge in [-0.3, -0.25) is 0 Å². The summed E-state index contributed by atoms with van der Waals surface area (Å²) < 4.78 is 2.20. The Morgan fingerprint density at radius 3 is 2.57 bits per heavy atom. The molecule has 4 rings (SSSR count). The predicted octanol–water partition coefficient (Wildman–Crippen LogP) is 4.23. The number of aryl methyl sites for hydroxylation is 1. The van der Waals surface area contributed by atoms with Crippen LogP contribution in [-0.4, -0.2) is 14.5 Å². The van der Waals surface area contributed by atoms with Crippen LogP contribution in [0, 0.1) is 6.92 Å². The minimum atomic E-state index is 0.734. The Balaban J connectivity index is 2.27. The molecular formula is C18H15N3. The van der Waals surface area contributed by atoms with Gasteiger partial charge in [0.2, 0.25) is 0 Å². The van der Waals surface area contributed by atoms with Gasteiger partial charge in [0.15, 0.2) is 5.65 Å². The number of nitrogens with zero attached hydrogens (tertiary/aromatic N) is 3. The van der Waals surface area contributed by atoms with Crippen molar-refractivity contribution in [3.8, 4) is 0 Å². The number of hydrogen-bond donors (Lipinski definition) is 0. The van der Waals surface area contributed by atoms with Crippen molar-refractivity contribution in [3.63, 3.8) is 0 Å². The molecule has 0 radical (unpaired) electrons. The lowest BCUT2D eigenvalue weighted by Crippen LogP contribution is -1.98. The fourth-order valence-corrected chi connectivity index (χ4v) is 2.98. The van der Waals surface area contributed by atoms with Crippen LogP contribution in [0.15, 0.2) is 55.1 Å². The minimum Gasteiger partial charge on any atom is -0.320 e. The molecule has 0 unspecified atom stereocenters. The highest BCUT2D eigenvalue weighted by atomic mass is 15.1. The second-order valence-corrected chi connectivity index (χ2v) is 5.25. The van der Waals surface area contributed by atoms with Gasteiger partial charge in [0.25, 0.3) is 0 Å². The molecule has 2 aromatic heterocycles. The highest BCUT2D eigenvalue weighted by Gasteiger charge is 2.14. The summed E-state index contributed by atoms with van der Waals surface area (Å²) in [4.78, 5) is 9.66. The SMILES string of the molecule is C=CCn1c2nc3ccccc3nc2c2cccc(C)c21. The fourth-order valence-electron chi connectivity index (χ4n) is 2.98. The maximum Gasteiger partial charge on any atom is 0.160 e. The number of benzene rings is 2. The zero-order valence-electron chi connectivity index (χ0n) is 11.9. The van der Waals surface area contributed by atoms with Crippen molar-refractivity contribution in [2.24, 2.45) is 0 Å². The zero-order valence-corrected chi connectivity index (χ0v) is 11.9. The lowest BCUT2D eigenvalue weighted by Gasteiger charge is -2.05. The largest absolute Gasteiger partial charge is 0.320 e. The summed E-state index contributed by atoms with van der Waals surface area (Å²) in [5, 5.41) is 1.16. The molecule has 3 nitrogen and oxygen atoms in total. The molecular weight excluding hydrogens is 258 g/mol. The van der Waals surface area contributed by atoms with Gasteiger partial charge in [-0.2, -0.15) is 0 Å². The third kappa shape index (κ3) is 1.67. The van der Waals surface area contributed by atoms with Crippen molar-refractivity contribution in [2.45, 2.75) is 13.5 Å². The molecule has 0 aliphatic rings. The lowest BCUT2D eigenvalue weighted by atomic mass is 10.1. The molecule has 102 valence electrons. The Bertz CT molecular complexity index is 996. The number of fused-ring (bicyclic) bond motifs is 4. The quantitative estimate of drug-likeness (QED) is 0.512. The van der Waals surface area contributed by atoms with E-state index in [1.54, 1.807) is 0 Å². The van der Waals surface area contributed by atoms with E-state index >= 15 is 0 Å².